The van der Waals surface area contributed by atoms with Crippen LogP contribution in [0.2, 0.25) is 0 Å². The highest BCUT2D eigenvalue weighted by atomic mass is 127. The molecule has 1 unspecified atom stereocenters. The molecule has 1 saturated heterocycles. The molecule has 1 fully saturated rings. The number of hydrogen-bond acceptors (Lipinski definition) is 4. The summed E-state index contributed by atoms with van der Waals surface area (Å²) in [4.78, 5) is 6.66. The highest BCUT2D eigenvalue weighted by Crippen LogP contribution is 2.25. The molecule has 0 saturated carbocycles. The molecule has 2 aromatic carbocycles. The highest BCUT2D eigenvalue weighted by molar-refractivity contribution is 14.0. The van der Waals surface area contributed by atoms with Gasteiger partial charge in [-0.3, -0.25) is 4.99 Å². The zero-order valence-electron chi connectivity index (χ0n) is 18.2. The fourth-order valence-electron chi connectivity index (χ4n) is 3.54. The number of sulfonamides is 1. The Labute approximate surface area is 202 Å². The minimum absolute atomic E-state index is 0. The van der Waals surface area contributed by atoms with E-state index in [1.807, 2.05) is 36.4 Å². The minimum Gasteiger partial charge on any atom is -0.370 e. The summed E-state index contributed by atoms with van der Waals surface area (Å²) >= 11 is 0. The van der Waals surface area contributed by atoms with E-state index in [0.29, 0.717) is 13.2 Å². The van der Waals surface area contributed by atoms with Gasteiger partial charge in [-0.1, -0.05) is 48.5 Å². The second kappa shape index (κ2) is 11.8. The van der Waals surface area contributed by atoms with Crippen LogP contribution >= 0.6 is 24.0 Å². The van der Waals surface area contributed by atoms with E-state index in [9.17, 15) is 8.42 Å². The molecule has 0 radical (unpaired) electrons. The fraction of sp³-hybridized carbons (Fsp3) is 0.409. The third-order valence-corrected chi connectivity index (χ3v) is 6.59. The Hall–Kier alpha value is -1.69. The SMILES string of the molecule is CN=C(NCc1ccc(CS(=O)(=O)NC)cc1)N1CCOC(c2ccccc2C)C1.I. The van der Waals surface area contributed by atoms with Crippen molar-refractivity contribution in [2.24, 2.45) is 4.99 Å². The monoisotopic (exact) mass is 558 g/mol. The number of morpholine rings is 1. The van der Waals surface area contributed by atoms with Gasteiger partial charge in [0.1, 0.15) is 6.10 Å². The molecule has 0 amide bonds. The lowest BCUT2D eigenvalue weighted by atomic mass is 10.0. The van der Waals surface area contributed by atoms with Crippen LogP contribution < -0.4 is 10.0 Å². The van der Waals surface area contributed by atoms with Crippen molar-refractivity contribution in [3.8, 4) is 0 Å². The number of rotatable bonds is 6. The van der Waals surface area contributed by atoms with Gasteiger partial charge >= 0.3 is 0 Å². The van der Waals surface area contributed by atoms with Gasteiger partial charge in [-0.2, -0.15) is 0 Å². The van der Waals surface area contributed by atoms with Gasteiger partial charge < -0.3 is 15.0 Å². The van der Waals surface area contributed by atoms with Crippen molar-refractivity contribution in [3.63, 3.8) is 0 Å². The molecule has 0 aromatic heterocycles. The Morgan fingerprint density at radius 1 is 1.16 bits per heavy atom. The third kappa shape index (κ3) is 7.16. The first-order valence-corrected chi connectivity index (χ1v) is 11.7. The van der Waals surface area contributed by atoms with Gasteiger partial charge in [-0.15, -0.1) is 24.0 Å². The molecule has 1 atom stereocenters. The maximum absolute atomic E-state index is 11.7. The Morgan fingerprint density at radius 3 is 2.48 bits per heavy atom. The lowest BCUT2D eigenvalue weighted by Gasteiger charge is -2.35. The van der Waals surface area contributed by atoms with Gasteiger partial charge in [-0.05, 0) is 36.2 Å². The zero-order chi connectivity index (χ0) is 21.6. The Kier molecular flexibility index (Phi) is 9.73. The van der Waals surface area contributed by atoms with E-state index in [-0.39, 0.29) is 35.8 Å². The Morgan fingerprint density at radius 2 is 1.84 bits per heavy atom. The van der Waals surface area contributed by atoms with Gasteiger partial charge in [0.05, 0.1) is 18.9 Å². The number of halogens is 1. The van der Waals surface area contributed by atoms with Crippen LogP contribution in [0.3, 0.4) is 0 Å². The van der Waals surface area contributed by atoms with Crippen LogP contribution in [0.5, 0.6) is 0 Å². The van der Waals surface area contributed by atoms with E-state index in [4.69, 9.17) is 4.74 Å². The molecule has 31 heavy (non-hydrogen) atoms. The second-order valence-electron chi connectivity index (χ2n) is 7.34. The molecule has 1 aliphatic rings. The van der Waals surface area contributed by atoms with Crippen LogP contribution in [0, 0.1) is 6.92 Å². The number of nitrogens with zero attached hydrogens (tertiary/aromatic N) is 2. The van der Waals surface area contributed by atoms with Gasteiger partial charge in [0.25, 0.3) is 0 Å². The second-order valence-corrected chi connectivity index (χ2v) is 9.27. The highest BCUT2D eigenvalue weighted by Gasteiger charge is 2.25. The summed E-state index contributed by atoms with van der Waals surface area (Å²) in [6.45, 7) is 4.89. The first-order chi connectivity index (χ1) is 14.4. The van der Waals surface area contributed by atoms with Gasteiger partial charge in [-0.25, -0.2) is 13.1 Å². The molecular formula is C22H31IN4O3S. The summed E-state index contributed by atoms with van der Waals surface area (Å²) in [6, 6.07) is 15.9. The van der Waals surface area contributed by atoms with Crippen LogP contribution in [0.15, 0.2) is 53.5 Å². The van der Waals surface area contributed by atoms with Gasteiger partial charge in [0.15, 0.2) is 5.96 Å². The van der Waals surface area contributed by atoms with Crippen LogP contribution in [-0.4, -0.2) is 53.1 Å². The number of guanidine groups is 1. The predicted octanol–water partition coefficient (Wildman–Crippen LogP) is 2.81. The molecule has 1 heterocycles. The molecule has 2 N–H and O–H groups in total. The number of ether oxygens (including phenoxy) is 1. The van der Waals surface area contributed by atoms with Gasteiger partial charge in [0, 0.05) is 20.1 Å². The summed E-state index contributed by atoms with van der Waals surface area (Å²) in [7, 11) is -0.0550. The zero-order valence-corrected chi connectivity index (χ0v) is 21.3. The average Bonchev–Trinajstić information content (AvgIpc) is 2.76. The van der Waals surface area contributed by atoms with Crippen LogP contribution in [0.1, 0.15) is 28.4 Å². The molecular weight excluding hydrogens is 527 g/mol. The van der Waals surface area contributed by atoms with E-state index < -0.39 is 10.0 Å². The van der Waals surface area contributed by atoms with E-state index >= 15 is 0 Å². The molecule has 1 aliphatic heterocycles. The molecule has 0 spiro atoms. The van der Waals surface area contributed by atoms with Crippen LogP contribution in [0.25, 0.3) is 0 Å². The summed E-state index contributed by atoms with van der Waals surface area (Å²) in [5, 5.41) is 3.41. The van der Waals surface area contributed by atoms with Gasteiger partial charge in [0.2, 0.25) is 10.0 Å². The first kappa shape index (κ1) is 25.6. The molecule has 2 aromatic rings. The van der Waals surface area contributed by atoms with E-state index in [2.05, 4.69) is 39.0 Å². The largest absolute Gasteiger partial charge is 0.370 e. The summed E-state index contributed by atoms with van der Waals surface area (Å²) < 4.78 is 31.7. The molecule has 170 valence electrons. The molecule has 0 bridgehead atoms. The van der Waals surface area contributed by atoms with Crippen molar-refractivity contribution < 1.29 is 13.2 Å². The Bertz CT molecular complexity index is 981. The summed E-state index contributed by atoms with van der Waals surface area (Å²) in [6.07, 6.45) is 0.0203. The number of aliphatic imine (C=N–C) groups is 1. The Balaban J connectivity index is 0.00000341. The maximum atomic E-state index is 11.7. The quantitative estimate of drug-likeness (QED) is 0.324. The molecule has 9 heteroatoms. The predicted molar refractivity (Wildman–Crippen MR) is 135 cm³/mol. The number of aryl methyl sites for hydroxylation is 1. The van der Waals surface area contributed by atoms with Crippen molar-refractivity contribution in [3.05, 3.63) is 70.8 Å². The van der Waals surface area contributed by atoms with Crippen molar-refractivity contribution in [2.75, 3.05) is 33.8 Å². The molecule has 3 rings (SSSR count). The smallest absolute Gasteiger partial charge is 0.215 e. The van der Waals surface area contributed by atoms with Crippen LogP contribution in [0.4, 0.5) is 0 Å². The topological polar surface area (TPSA) is 83.0 Å². The van der Waals surface area contributed by atoms with E-state index in [1.54, 1.807) is 7.05 Å². The standard InChI is InChI=1S/C22H30N4O3S.HI/c1-17-6-4-5-7-20(17)21-15-26(12-13-29-21)22(23-2)25-14-18-8-10-19(11-9-18)16-30(27,28)24-3;/h4-11,21,24H,12-16H2,1-3H3,(H,23,25);1H. The third-order valence-electron chi connectivity index (χ3n) is 5.25. The molecule has 0 aliphatic carbocycles. The minimum atomic E-state index is -3.26. The van der Waals surface area contributed by atoms with E-state index in [0.717, 1.165) is 30.2 Å². The summed E-state index contributed by atoms with van der Waals surface area (Å²) in [5.41, 5.74) is 4.26. The summed E-state index contributed by atoms with van der Waals surface area (Å²) in [5.74, 6) is 0.811. The number of hydrogen-bond donors (Lipinski definition) is 2. The van der Waals surface area contributed by atoms with Crippen molar-refractivity contribution >= 4 is 40.0 Å². The number of benzene rings is 2. The fourth-order valence-corrected chi connectivity index (χ4v) is 4.31. The average molecular weight is 558 g/mol. The van der Waals surface area contributed by atoms with E-state index in [1.165, 1.54) is 18.2 Å². The number of nitrogens with one attached hydrogen (secondary N) is 2. The first-order valence-electron chi connectivity index (χ1n) is 10.0. The lowest BCUT2D eigenvalue weighted by Crippen LogP contribution is -2.48. The molecule has 7 nitrogen and oxygen atoms in total. The van der Waals surface area contributed by atoms with Crippen molar-refractivity contribution in [1.29, 1.82) is 0 Å². The van der Waals surface area contributed by atoms with Crippen LogP contribution in [-0.2, 0) is 27.1 Å². The maximum Gasteiger partial charge on any atom is 0.215 e. The van der Waals surface area contributed by atoms with Crippen molar-refractivity contribution in [1.82, 2.24) is 14.9 Å². The normalized spacial score (nSPS) is 17.2. The lowest BCUT2D eigenvalue weighted by molar-refractivity contribution is -0.00833. The van der Waals surface area contributed by atoms with Crippen molar-refractivity contribution in [2.45, 2.75) is 25.3 Å².